The molecule has 4 heteroatoms. The number of para-hydroxylation sites is 1. The summed E-state index contributed by atoms with van der Waals surface area (Å²) in [6.45, 7) is 8.77. The number of hydrogen-bond acceptors (Lipinski definition) is 3. The van der Waals surface area contributed by atoms with E-state index in [1.54, 1.807) is 0 Å². The molecule has 0 N–H and O–H groups in total. The molecule has 0 amide bonds. The first-order valence-electron chi connectivity index (χ1n) is 10.3. The zero-order valence-corrected chi connectivity index (χ0v) is 21.7. The van der Waals surface area contributed by atoms with E-state index < -0.39 is 29.7 Å². The van der Waals surface area contributed by atoms with E-state index in [0.29, 0.717) is 11.8 Å². The van der Waals surface area contributed by atoms with Crippen molar-refractivity contribution in [3.05, 3.63) is 77.4 Å². The minimum atomic E-state index is -3.34. The topological polar surface area (TPSA) is 27.7 Å². The van der Waals surface area contributed by atoms with Gasteiger partial charge in [0.05, 0.1) is 0 Å². The second kappa shape index (κ2) is 8.28. The first-order valence-corrected chi connectivity index (χ1v) is 15.8. The van der Waals surface area contributed by atoms with Crippen LogP contribution in [0.1, 0.15) is 51.7 Å². The Balaban J connectivity index is 1.94. The van der Waals surface area contributed by atoms with Gasteiger partial charge in [0.15, 0.2) is 0 Å². The number of rotatable bonds is 4. The maximum absolute atomic E-state index is 6.94. The van der Waals surface area contributed by atoms with E-state index in [0.717, 1.165) is 17.7 Å². The van der Waals surface area contributed by atoms with E-state index in [4.69, 9.17) is 8.06 Å². The first kappa shape index (κ1) is 20.1. The van der Waals surface area contributed by atoms with Gasteiger partial charge in [-0.3, -0.25) is 0 Å². The van der Waals surface area contributed by atoms with Gasteiger partial charge in [-0.15, -0.1) is 0 Å². The molecule has 1 heterocycles. The molecule has 0 bridgehead atoms. The van der Waals surface area contributed by atoms with Gasteiger partial charge in [-0.2, -0.15) is 0 Å². The van der Waals surface area contributed by atoms with Gasteiger partial charge in [-0.1, -0.05) is 0 Å². The third-order valence-electron chi connectivity index (χ3n) is 5.61. The Hall–Kier alpha value is -1.18. The van der Waals surface area contributed by atoms with E-state index in [-0.39, 0.29) is 6.10 Å². The van der Waals surface area contributed by atoms with Crippen LogP contribution in [-0.2, 0) is 11.0 Å². The van der Waals surface area contributed by atoms with Crippen molar-refractivity contribution in [3.63, 3.8) is 0 Å². The van der Waals surface area contributed by atoms with Gasteiger partial charge < -0.3 is 0 Å². The quantitative estimate of drug-likeness (QED) is 0.347. The molecular formula is C24H29O3Tl. The summed E-state index contributed by atoms with van der Waals surface area (Å²) in [6, 6.07) is 19.0. The van der Waals surface area contributed by atoms with Gasteiger partial charge in [0, 0.05) is 0 Å². The van der Waals surface area contributed by atoms with E-state index in [1.807, 2.05) is 6.07 Å². The maximum atomic E-state index is 6.94. The summed E-state index contributed by atoms with van der Waals surface area (Å²) in [5.41, 5.74) is 3.05. The number of allylic oxidation sites excluding steroid dienone is 1. The summed E-state index contributed by atoms with van der Waals surface area (Å²) in [7, 11) is 0. The molecule has 0 saturated carbocycles. The van der Waals surface area contributed by atoms with Gasteiger partial charge in [0.25, 0.3) is 0 Å². The van der Waals surface area contributed by atoms with Crippen molar-refractivity contribution in [2.24, 2.45) is 11.8 Å². The average molecular weight is 570 g/mol. The van der Waals surface area contributed by atoms with Gasteiger partial charge in [0.2, 0.25) is 0 Å². The van der Waals surface area contributed by atoms with Crippen molar-refractivity contribution in [1.29, 1.82) is 0 Å². The van der Waals surface area contributed by atoms with Gasteiger partial charge in [-0.25, -0.2) is 0 Å². The van der Waals surface area contributed by atoms with Gasteiger partial charge in [0.1, 0.15) is 0 Å². The van der Waals surface area contributed by atoms with Crippen molar-refractivity contribution in [1.82, 2.24) is 0 Å². The number of benzene rings is 2. The molecule has 0 aromatic heterocycles. The van der Waals surface area contributed by atoms with Crippen LogP contribution in [-0.4, -0.2) is 30.2 Å². The zero-order chi connectivity index (χ0) is 19.7. The Morgan fingerprint density at radius 2 is 1.75 bits per heavy atom. The summed E-state index contributed by atoms with van der Waals surface area (Å²) in [5, 5.41) is 0. The fraction of sp³-hybridized carbons (Fsp3) is 0.417. The SMILES string of the molecule is CC1C=C(C2(c3ccccc3)[O][Tl]([O]C(C)C)[O]c3ccccc32)CC(C)C1. The van der Waals surface area contributed by atoms with Gasteiger partial charge in [-0.05, 0) is 0 Å². The normalized spacial score (nSPS) is 27.2. The van der Waals surface area contributed by atoms with Crippen LogP contribution in [0, 0.1) is 11.8 Å². The van der Waals surface area contributed by atoms with Crippen LogP contribution in [0.3, 0.4) is 0 Å². The second-order valence-corrected chi connectivity index (χ2v) is 13.6. The molecule has 4 rings (SSSR count). The average Bonchev–Trinajstić information content (AvgIpc) is 2.66. The molecule has 3 nitrogen and oxygen atoms in total. The summed E-state index contributed by atoms with van der Waals surface area (Å²) in [4.78, 5) is 0. The van der Waals surface area contributed by atoms with E-state index >= 15 is 0 Å². The van der Waals surface area contributed by atoms with Gasteiger partial charge >= 0.3 is 179 Å². The van der Waals surface area contributed by atoms with Crippen LogP contribution < -0.4 is 2.69 Å². The standard InChI is InChI=1S/C21H23O2.C3H7O.Tl/c1-15-12-16(2)14-18(13-15)21(23,17-8-4-3-5-9-17)19-10-6-7-11-20(19)22;1-3(2)4;/h3-11,13,15-16,22H,12,14H2,1-2H3;3H,1-2H3;/q2*-1;+3/p-1. The van der Waals surface area contributed by atoms with Crippen molar-refractivity contribution in [3.8, 4) is 5.75 Å². The summed E-state index contributed by atoms with van der Waals surface area (Å²) >= 11 is -3.34. The van der Waals surface area contributed by atoms with Crippen LogP contribution in [0.25, 0.3) is 0 Å². The molecule has 28 heavy (non-hydrogen) atoms. The summed E-state index contributed by atoms with van der Waals surface area (Å²) in [6.07, 6.45) is 4.80. The zero-order valence-electron chi connectivity index (χ0n) is 17.2. The molecule has 0 spiro atoms. The number of fused-ring (bicyclic) bond motifs is 1. The Morgan fingerprint density at radius 3 is 2.46 bits per heavy atom. The molecule has 2 aromatic rings. The second-order valence-electron chi connectivity index (χ2n) is 8.47. The Kier molecular flexibility index (Phi) is 5.95. The Bertz CT molecular complexity index is 848. The fourth-order valence-corrected chi connectivity index (χ4v) is 11.3. The monoisotopic (exact) mass is 570 g/mol. The molecule has 3 unspecified atom stereocenters. The molecule has 0 radical (unpaired) electrons. The molecule has 146 valence electrons. The van der Waals surface area contributed by atoms with Crippen LogP contribution in [0.4, 0.5) is 0 Å². The Labute approximate surface area is 178 Å². The minimum absolute atomic E-state index is 0.101. The number of hydrogen-bond donors (Lipinski definition) is 0. The molecule has 0 fully saturated rings. The summed E-state index contributed by atoms with van der Waals surface area (Å²) < 4.78 is 19.5. The fourth-order valence-electron chi connectivity index (χ4n) is 4.64. The van der Waals surface area contributed by atoms with E-state index in [9.17, 15) is 0 Å². The van der Waals surface area contributed by atoms with Crippen LogP contribution >= 0.6 is 0 Å². The van der Waals surface area contributed by atoms with Crippen molar-refractivity contribution in [2.75, 3.05) is 0 Å². The predicted octanol–water partition coefficient (Wildman–Crippen LogP) is 5.74. The molecule has 2 aromatic carbocycles. The van der Waals surface area contributed by atoms with Crippen molar-refractivity contribution in [2.45, 2.75) is 52.2 Å². The third kappa shape index (κ3) is 3.81. The molecule has 3 atom stereocenters. The first-order chi connectivity index (χ1) is 13.5. The molecule has 1 aliphatic carbocycles. The van der Waals surface area contributed by atoms with Crippen molar-refractivity contribution < 1.29 is 8.06 Å². The van der Waals surface area contributed by atoms with Crippen LogP contribution in [0.2, 0.25) is 0 Å². The van der Waals surface area contributed by atoms with Crippen molar-refractivity contribution >= 4 is 24.1 Å². The van der Waals surface area contributed by atoms with E-state index in [2.05, 4.69) is 82.3 Å². The molecular weight excluding hydrogens is 541 g/mol. The summed E-state index contributed by atoms with van der Waals surface area (Å²) in [5.74, 6) is 2.10. The predicted molar refractivity (Wildman–Crippen MR) is 113 cm³/mol. The van der Waals surface area contributed by atoms with Crippen LogP contribution in [0.15, 0.2) is 66.2 Å². The Morgan fingerprint density at radius 1 is 1.04 bits per heavy atom. The molecule has 2 aliphatic rings. The third-order valence-corrected chi connectivity index (χ3v) is 12.4. The molecule has 1 aliphatic heterocycles. The van der Waals surface area contributed by atoms with E-state index in [1.165, 1.54) is 17.6 Å². The van der Waals surface area contributed by atoms with Crippen LogP contribution in [0.5, 0.6) is 5.75 Å². The molecule has 0 saturated heterocycles.